The highest BCUT2D eigenvalue weighted by Crippen LogP contribution is 2.31. The SMILES string of the molecule is O=C(NC1CC2CCC1N2)c1nnc(Sc2ccc(Cl)cc2)s1. The van der Waals surface area contributed by atoms with Gasteiger partial charge in [-0.25, -0.2) is 0 Å². The van der Waals surface area contributed by atoms with Gasteiger partial charge in [-0.15, -0.1) is 10.2 Å². The first-order valence-corrected chi connectivity index (χ1v) is 9.52. The van der Waals surface area contributed by atoms with Crippen LogP contribution in [-0.2, 0) is 0 Å². The van der Waals surface area contributed by atoms with Crippen molar-refractivity contribution in [3.05, 3.63) is 34.3 Å². The molecule has 2 aliphatic rings. The highest BCUT2D eigenvalue weighted by Gasteiger charge is 2.40. The average molecular weight is 367 g/mol. The lowest BCUT2D eigenvalue weighted by atomic mass is 9.95. The van der Waals surface area contributed by atoms with Crippen LogP contribution in [0.25, 0.3) is 0 Å². The molecule has 2 aromatic rings. The lowest BCUT2D eigenvalue weighted by Gasteiger charge is -2.20. The summed E-state index contributed by atoms with van der Waals surface area (Å²) in [5.41, 5.74) is 0. The van der Waals surface area contributed by atoms with Crippen molar-refractivity contribution in [3.63, 3.8) is 0 Å². The van der Waals surface area contributed by atoms with Gasteiger partial charge in [-0.05, 0) is 43.5 Å². The average Bonchev–Trinajstić information content (AvgIpc) is 3.26. The fourth-order valence-electron chi connectivity index (χ4n) is 3.16. The number of benzene rings is 1. The van der Waals surface area contributed by atoms with Crippen molar-refractivity contribution < 1.29 is 4.79 Å². The molecule has 1 aromatic heterocycles. The van der Waals surface area contributed by atoms with Gasteiger partial charge in [0.2, 0.25) is 5.01 Å². The van der Waals surface area contributed by atoms with E-state index in [4.69, 9.17) is 11.6 Å². The highest BCUT2D eigenvalue weighted by atomic mass is 35.5. The minimum atomic E-state index is -0.121. The smallest absolute Gasteiger partial charge is 0.282 e. The van der Waals surface area contributed by atoms with Crippen LogP contribution in [0.5, 0.6) is 0 Å². The lowest BCUT2D eigenvalue weighted by Crippen LogP contribution is -2.42. The number of nitrogens with zero attached hydrogens (tertiary/aromatic N) is 2. The van der Waals surface area contributed by atoms with Gasteiger partial charge in [0, 0.05) is 28.0 Å². The van der Waals surface area contributed by atoms with Crippen LogP contribution in [0.3, 0.4) is 0 Å². The second kappa shape index (κ2) is 6.39. The van der Waals surface area contributed by atoms with Crippen LogP contribution in [0.4, 0.5) is 0 Å². The maximum atomic E-state index is 12.3. The minimum absolute atomic E-state index is 0.121. The molecule has 3 heterocycles. The summed E-state index contributed by atoms with van der Waals surface area (Å²) in [5, 5.41) is 15.8. The molecule has 120 valence electrons. The van der Waals surface area contributed by atoms with Crippen LogP contribution in [0.15, 0.2) is 33.5 Å². The Balaban J connectivity index is 1.39. The third-order valence-corrected chi connectivity index (χ3v) is 6.47. The molecule has 0 aliphatic carbocycles. The summed E-state index contributed by atoms with van der Waals surface area (Å²) in [6.45, 7) is 0. The molecule has 2 bridgehead atoms. The van der Waals surface area contributed by atoms with Gasteiger partial charge in [-0.1, -0.05) is 34.7 Å². The molecular weight excluding hydrogens is 352 g/mol. The number of nitrogens with one attached hydrogen (secondary N) is 2. The molecule has 0 spiro atoms. The van der Waals surface area contributed by atoms with Crippen LogP contribution in [0.2, 0.25) is 5.02 Å². The van der Waals surface area contributed by atoms with Crippen LogP contribution in [0.1, 0.15) is 29.1 Å². The number of carbonyl (C=O) groups is 1. The van der Waals surface area contributed by atoms with E-state index in [-0.39, 0.29) is 11.9 Å². The third kappa shape index (κ3) is 3.38. The van der Waals surface area contributed by atoms with Gasteiger partial charge >= 0.3 is 0 Å². The fraction of sp³-hybridized carbons (Fsp3) is 0.400. The van der Waals surface area contributed by atoms with E-state index in [1.54, 1.807) is 0 Å². The number of hydrogen-bond donors (Lipinski definition) is 2. The Bertz CT molecular complexity index is 721. The van der Waals surface area contributed by atoms with Crippen molar-refractivity contribution in [2.75, 3.05) is 0 Å². The Morgan fingerprint density at radius 2 is 2.13 bits per heavy atom. The van der Waals surface area contributed by atoms with Crippen molar-refractivity contribution in [3.8, 4) is 0 Å². The second-order valence-electron chi connectivity index (χ2n) is 5.79. The van der Waals surface area contributed by atoms with Crippen LogP contribution >= 0.6 is 34.7 Å². The van der Waals surface area contributed by atoms with E-state index in [1.165, 1.54) is 29.5 Å². The van der Waals surface area contributed by atoms with E-state index in [0.29, 0.717) is 22.1 Å². The molecule has 2 N–H and O–H groups in total. The van der Waals surface area contributed by atoms with Crippen molar-refractivity contribution in [2.45, 2.75) is 46.6 Å². The summed E-state index contributed by atoms with van der Waals surface area (Å²) < 4.78 is 0.753. The number of rotatable bonds is 4. The number of aromatic nitrogens is 2. The second-order valence-corrected chi connectivity index (χ2v) is 8.53. The van der Waals surface area contributed by atoms with Gasteiger partial charge in [-0.2, -0.15) is 0 Å². The van der Waals surface area contributed by atoms with Gasteiger partial charge in [0.1, 0.15) is 0 Å². The summed E-state index contributed by atoms with van der Waals surface area (Å²) in [7, 11) is 0. The molecule has 5 nitrogen and oxygen atoms in total. The summed E-state index contributed by atoms with van der Waals surface area (Å²) in [4.78, 5) is 13.4. The van der Waals surface area contributed by atoms with Gasteiger partial charge in [0.15, 0.2) is 4.34 Å². The molecule has 3 atom stereocenters. The lowest BCUT2D eigenvalue weighted by molar-refractivity contribution is 0.0930. The molecule has 2 saturated heterocycles. The maximum Gasteiger partial charge on any atom is 0.282 e. The van der Waals surface area contributed by atoms with Crippen molar-refractivity contribution in [1.82, 2.24) is 20.8 Å². The zero-order valence-corrected chi connectivity index (χ0v) is 14.5. The summed E-state index contributed by atoms with van der Waals surface area (Å²) in [6, 6.07) is 8.72. The van der Waals surface area contributed by atoms with Crippen LogP contribution < -0.4 is 10.6 Å². The number of halogens is 1. The van der Waals surface area contributed by atoms with E-state index in [1.807, 2.05) is 24.3 Å². The van der Waals surface area contributed by atoms with Gasteiger partial charge < -0.3 is 10.6 Å². The Hall–Kier alpha value is -1.15. The Morgan fingerprint density at radius 1 is 1.30 bits per heavy atom. The van der Waals surface area contributed by atoms with Crippen LogP contribution in [-0.4, -0.2) is 34.2 Å². The molecule has 2 fully saturated rings. The zero-order valence-electron chi connectivity index (χ0n) is 12.2. The van der Waals surface area contributed by atoms with E-state index in [9.17, 15) is 4.79 Å². The molecule has 0 radical (unpaired) electrons. The maximum absolute atomic E-state index is 12.3. The van der Waals surface area contributed by atoms with Crippen LogP contribution in [0, 0.1) is 0 Å². The minimum Gasteiger partial charge on any atom is -0.346 e. The Kier molecular flexibility index (Phi) is 4.27. The Morgan fingerprint density at radius 3 is 2.83 bits per heavy atom. The monoisotopic (exact) mass is 366 g/mol. The molecule has 3 unspecified atom stereocenters. The van der Waals surface area contributed by atoms with Crippen molar-refractivity contribution >= 4 is 40.6 Å². The zero-order chi connectivity index (χ0) is 15.8. The number of hydrogen-bond acceptors (Lipinski definition) is 6. The predicted octanol–water partition coefficient (Wildman–Crippen LogP) is 2.97. The number of amides is 1. The highest BCUT2D eigenvalue weighted by molar-refractivity contribution is 8.01. The first-order valence-electron chi connectivity index (χ1n) is 7.51. The standard InChI is InChI=1S/C15H15ClN4OS2/c16-8-1-4-10(5-2-8)22-15-20-19-14(23-15)13(21)18-12-7-9-3-6-11(12)17-9/h1-2,4-5,9,11-12,17H,3,6-7H2,(H,18,21). The topological polar surface area (TPSA) is 66.9 Å². The molecular formula is C15H15ClN4OS2. The molecule has 0 saturated carbocycles. The number of fused-ring (bicyclic) bond motifs is 2. The van der Waals surface area contributed by atoms with Gasteiger partial charge in [-0.3, -0.25) is 4.79 Å². The van der Waals surface area contributed by atoms with E-state index < -0.39 is 0 Å². The van der Waals surface area contributed by atoms with Gasteiger partial charge in [0.05, 0.1) is 0 Å². The molecule has 2 aliphatic heterocycles. The van der Waals surface area contributed by atoms with E-state index in [0.717, 1.165) is 22.1 Å². The molecule has 8 heteroatoms. The first kappa shape index (κ1) is 15.4. The molecule has 4 rings (SSSR count). The van der Waals surface area contributed by atoms with E-state index >= 15 is 0 Å². The van der Waals surface area contributed by atoms with Crippen molar-refractivity contribution in [1.29, 1.82) is 0 Å². The summed E-state index contributed by atoms with van der Waals surface area (Å²) >= 11 is 8.68. The van der Waals surface area contributed by atoms with E-state index in [2.05, 4.69) is 20.8 Å². The normalized spacial score (nSPS) is 25.7. The largest absolute Gasteiger partial charge is 0.346 e. The number of carbonyl (C=O) groups excluding carboxylic acids is 1. The molecule has 23 heavy (non-hydrogen) atoms. The molecule has 1 aromatic carbocycles. The van der Waals surface area contributed by atoms with Crippen molar-refractivity contribution in [2.24, 2.45) is 0 Å². The quantitative estimate of drug-likeness (QED) is 0.870. The summed E-state index contributed by atoms with van der Waals surface area (Å²) in [6.07, 6.45) is 3.38. The third-order valence-electron chi connectivity index (χ3n) is 4.24. The first-order chi connectivity index (χ1) is 11.2. The Labute approximate surface area is 147 Å². The fourth-order valence-corrected chi connectivity index (χ4v) is 5.01. The summed E-state index contributed by atoms with van der Waals surface area (Å²) in [5.74, 6) is -0.121. The van der Waals surface area contributed by atoms with Gasteiger partial charge in [0.25, 0.3) is 5.91 Å². The predicted molar refractivity (Wildman–Crippen MR) is 91.3 cm³/mol. The molecule has 1 amide bonds.